The molecule has 1 aromatic carbocycles. The van der Waals surface area contributed by atoms with Gasteiger partial charge in [0.2, 0.25) is 10.0 Å². The molecule has 0 unspecified atom stereocenters. The zero-order valence-corrected chi connectivity index (χ0v) is 20.6. The van der Waals surface area contributed by atoms with Crippen LogP contribution in [0.2, 0.25) is 0 Å². The Bertz CT molecular complexity index is 964. The number of sulfonamides is 1. The van der Waals surface area contributed by atoms with E-state index in [9.17, 15) is 12.8 Å². The lowest BCUT2D eigenvalue weighted by Crippen LogP contribution is -2.53. The number of hydrogen-bond donors (Lipinski definition) is 1. The second kappa shape index (κ2) is 11.6. The van der Waals surface area contributed by atoms with E-state index in [-0.39, 0.29) is 35.5 Å². The highest BCUT2D eigenvalue weighted by molar-refractivity contribution is 14.0. The maximum Gasteiger partial charge on any atom is 0.220 e. The monoisotopic (exact) mass is 567 g/mol. The van der Waals surface area contributed by atoms with Crippen molar-refractivity contribution in [2.45, 2.75) is 19.2 Å². The number of rotatable bonds is 7. The third-order valence-corrected chi connectivity index (χ3v) is 6.52. The fourth-order valence-corrected chi connectivity index (χ4v) is 4.63. The summed E-state index contributed by atoms with van der Waals surface area (Å²) < 4.78 is 50.5. The average Bonchev–Trinajstić information content (AvgIpc) is 3.23. The van der Waals surface area contributed by atoms with Crippen LogP contribution in [0.1, 0.15) is 18.2 Å². The van der Waals surface area contributed by atoms with Crippen molar-refractivity contribution >= 4 is 40.0 Å². The van der Waals surface area contributed by atoms with Crippen molar-refractivity contribution < 1.29 is 22.1 Å². The van der Waals surface area contributed by atoms with Crippen LogP contribution >= 0.6 is 24.0 Å². The molecule has 1 saturated heterocycles. The van der Waals surface area contributed by atoms with E-state index in [0.717, 1.165) is 5.56 Å². The van der Waals surface area contributed by atoms with Gasteiger partial charge in [0.05, 0.1) is 12.3 Å². The van der Waals surface area contributed by atoms with Gasteiger partial charge in [0.25, 0.3) is 0 Å². The third-order valence-electron chi connectivity index (χ3n) is 4.71. The quantitative estimate of drug-likeness (QED) is 0.311. The number of nitrogens with zero attached hydrogens (tertiary/aromatic N) is 4. The molecule has 0 saturated carbocycles. The molecule has 2 aromatic rings. The Labute approximate surface area is 198 Å². The van der Waals surface area contributed by atoms with Crippen LogP contribution in [0.4, 0.5) is 4.39 Å². The summed E-state index contributed by atoms with van der Waals surface area (Å²) in [6, 6.07) is 6.38. The fourth-order valence-electron chi connectivity index (χ4n) is 3.21. The molecule has 1 aliphatic heterocycles. The molecule has 0 amide bonds. The number of aromatic nitrogens is 1. The minimum Gasteiger partial charge on any atom is -0.491 e. The normalized spacial score (nSPS) is 15.5. The summed E-state index contributed by atoms with van der Waals surface area (Å²) in [4.78, 5) is 6.25. The van der Waals surface area contributed by atoms with Crippen LogP contribution in [0.3, 0.4) is 0 Å². The molecule has 9 nitrogen and oxygen atoms in total. The van der Waals surface area contributed by atoms with Gasteiger partial charge in [-0.05, 0) is 24.6 Å². The summed E-state index contributed by atoms with van der Waals surface area (Å²) in [7, 11) is -1.80. The molecule has 1 N–H and O–H groups in total. The van der Waals surface area contributed by atoms with E-state index < -0.39 is 15.8 Å². The number of benzene rings is 1. The zero-order valence-electron chi connectivity index (χ0n) is 17.5. The van der Waals surface area contributed by atoms with E-state index in [0.29, 0.717) is 51.0 Å². The number of ether oxygens (including phenoxy) is 1. The lowest BCUT2D eigenvalue weighted by Gasteiger charge is -2.35. The summed E-state index contributed by atoms with van der Waals surface area (Å²) in [6.45, 7) is 4.28. The first-order valence-electron chi connectivity index (χ1n) is 9.67. The summed E-state index contributed by atoms with van der Waals surface area (Å²) in [5, 5.41) is 6.87. The van der Waals surface area contributed by atoms with Gasteiger partial charge in [-0.15, -0.1) is 24.0 Å². The number of guanidine groups is 1. The van der Waals surface area contributed by atoms with Crippen molar-refractivity contribution in [1.29, 1.82) is 0 Å². The summed E-state index contributed by atoms with van der Waals surface area (Å²) >= 11 is 0. The van der Waals surface area contributed by atoms with Crippen molar-refractivity contribution in [3.8, 4) is 5.75 Å². The molecule has 1 aromatic heterocycles. The molecular formula is C19H27FIN5O4S. The van der Waals surface area contributed by atoms with Crippen molar-refractivity contribution in [3.63, 3.8) is 0 Å². The maximum atomic E-state index is 14.0. The van der Waals surface area contributed by atoms with E-state index >= 15 is 0 Å². The van der Waals surface area contributed by atoms with Crippen molar-refractivity contribution in [2.24, 2.45) is 4.99 Å². The number of aliphatic imine (C=N–C) groups is 1. The van der Waals surface area contributed by atoms with Crippen LogP contribution in [-0.4, -0.2) is 68.6 Å². The summed E-state index contributed by atoms with van der Waals surface area (Å²) in [5.74, 6) is 0.281. The Morgan fingerprint density at radius 3 is 2.61 bits per heavy atom. The van der Waals surface area contributed by atoms with Gasteiger partial charge < -0.3 is 19.5 Å². The minimum atomic E-state index is -3.46. The summed E-state index contributed by atoms with van der Waals surface area (Å²) in [5.41, 5.74) is 1.14. The Kier molecular flexibility index (Phi) is 9.50. The molecule has 12 heteroatoms. The van der Waals surface area contributed by atoms with E-state index in [1.165, 1.54) is 16.6 Å². The summed E-state index contributed by atoms with van der Waals surface area (Å²) in [6.07, 6.45) is 1.36. The molecule has 172 valence electrons. The number of nitrogens with one attached hydrogen (secondary N) is 1. The van der Waals surface area contributed by atoms with Crippen LogP contribution in [0.5, 0.6) is 5.75 Å². The number of halogens is 2. The number of hydrogen-bond acceptors (Lipinski definition) is 6. The first-order valence-corrected chi connectivity index (χ1v) is 11.3. The Morgan fingerprint density at radius 2 is 2.03 bits per heavy atom. The molecule has 0 atom stereocenters. The molecule has 1 aliphatic rings. The third kappa shape index (κ3) is 6.77. The molecule has 31 heavy (non-hydrogen) atoms. The van der Waals surface area contributed by atoms with Gasteiger partial charge in [-0.25, -0.2) is 12.8 Å². The highest BCUT2D eigenvalue weighted by Gasteiger charge is 2.29. The van der Waals surface area contributed by atoms with E-state index in [4.69, 9.17) is 9.26 Å². The topological polar surface area (TPSA) is 100 Å². The van der Waals surface area contributed by atoms with E-state index in [2.05, 4.69) is 15.5 Å². The van der Waals surface area contributed by atoms with Crippen molar-refractivity contribution in [2.75, 3.05) is 39.8 Å². The van der Waals surface area contributed by atoms with Gasteiger partial charge in [0.15, 0.2) is 17.5 Å². The first-order chi connectivity index (χ1) is 14.4. The molecule has 3 rings (SSSR count). The highest BCUT2D eigenvalue weighted by atomic mass is 127. The van der Waals surface area contributed by atoms with Gasteiger partial charge >= 0.3 is 0 Å². The first kappa shape index (κ1) is 25.3. The van der Waals surface area contributed by atoms with Gasteiger partial charge in [-0.3, -0.25) is 4.99 Å². The largest absolute Gasteiger partial charge is 0.491 e. The average molecular weight is 567 g/mol. The molecule has 0 aliphatic carbocycles. The molecule has 0 bridgehead atoms. The van der Waals surface area contributed by atoms with Crippen LogP contribution in [-0.2, 0) is 22.3 Å². The number of piperazine rings is 1. The van der Waals surface area contributed by atoms with E-state index in [1.54, 1.807) is 32.2 Å². The van der Waals surface area contributed by atoms with Gasteiger partial charge in [0.1, 0.15) is 12.0 Å². The molecule has 1 fully saturated rings. The van der Waals surface area contributed by atoms with Crippen molar-refractivity contribution in [3.05, 3.63) is 47.6 Å². The predicted molar refractivity (Wildman–Crippen MR) is 125 cm³/mol. The smallest absolute Gasteiger partial charge is 0.220 e. The van der Waals surface area contributed by atoms with Crippen LogP contribution in [0, 0.1) is 5.82 Å². The SMILES string of the molecule is CCOc1ccc(CNC(=NC)N2CCN(S(=O)(=O)Cc3ccon3)CC2)cc1F.I. The lowest BCUT2D eigenvalue weighted by molar-refractivity contribution is 0.259. The lowest BCUT2D eigenvalue weighted by atomic mass is 10.2. The van der Waals surface area contributed by atoms with Crippen LogP contribution < -0.4 is 10.1 Å². The zero-order chi connectivity index (χ0) is 21.6. The fraction of sp³-hybridized carbons (Fsp3) is 0.474. The Hall–Kier alpha value is -1.93. The Balaban J connectivity index is 0.00000341. The second-order valence-corrected chi connectivity index (χ2v) is 8.70. The molecule has 0 spiro atoms. The molecular weight excluding hydrogens is 540 g/mol. The minimum absolute atomic E-state index is 0. The van der Waals surface area contributed by atoms with Crippen LogP contribution in [0.25, 0.3) is 0 Å². The standard InChI is InChI=1S/C19H26FN5O4S.HI/c1-3-28-18-5-4-15(12-17(18)20)13-22-19(21-2)24-7-9-25(10-8-24)30(26,27)14-16-6-11-29-23-16;/h4-6,11-12H,3,7-10,13-14H2,1-2H3,(H,21,22);1H. The maximum absolute atomic E-state index is 14.0. The second-order valence-electron chi connectivity index (χ2n) is 6.73. The van der Waals surface area contributed by atoms with E-state index in [1.807, 2.05) is 4.90 Å². The van der Waals surface area contributed by atoms with Gasteiger partial charge in [-0.2, -0.15) is 4.31 Å². The Morgan fingerprint density at radius 1 is 1.29 bits per heavy atom. The molecule has 2 heterocycles. The highest BCUT2D eigenvalue weighted by Crippen LogP contribution is 2.18. The van der Waals surface area contributed by atoms with Gasteiger partial charge in [0, 0.05) is 45.8 Å². The van der Waals surface area contributed by atoms with Crippen LogP contribution in [0.15, 0.2) is 40.0 Å². The predicted octanol–water partition coefficient (Wildman–Crippen LogP) is 2.05. The van der Waals surface area contributed by atoms with Gasteiger partial charge in [-0.1, -0.05) is 11.2 Å². The van der Waals surface area contributed by atoms with Crippen molar-refractivity contribution in [1.82, 2.24) is 19.7 Å². The molecule has 0 radical (unpaired) electrons.